The molecule has 1 amide bonds. The first-order valence-corrected chi connectivity index (χ1v) is 6.94. The summed E-state index contributed by atoms with van der Waals surface area (Å²) in [6, 6.07) is 1.66. The van der Waals surface area contributed by atoms with Crippen LogP contribution in [0.25, 0.3) is 0 Å². The van der Waals surface area contributed by atoms with Crippen molar-refractivity contribution in [3.63, 3.8) is 0 Å². The molecule has 0 aromatic carbocycles. The largest absolute Gasteiger partial charge is 0.342 e. The van der Waals surface area contributed by atoms with Crippen molar-refractivity contribution in [2.75, 3.05) is 26.7 Å². The van der Waals surface area contributed by atoms with Crippen molar-refractivity contribution in [2.45, 2.75) is 26.0 Å². The molecule has 0 aromatic heterocycles. The van der Waals surface area contributed by atoms with Gasteiger partial charge in [-0.2, -0.15) is 9.57 Å². The molecular formula is C10H19N3O3S. The van der Waals surface area contributed by atoms with Crippen LogP contribution >= 0.6 is 0 Å². The van der Waals surface area contributed by atoms with E-state index in [1.54, 1.807) is 11.0 Å². The monoisotopic (exact) mass is 261 g/mol. The molecule has 1 unspecified atom stereocenters. The summed E-state index contributed by atoms with van der Waals surface area (Å²) in [4.78, 5) is 13.3. The van der Waals surface area contributed by atoms with Crippen LogP contribution < -0.4 is 0 Å². The second-order valence-corrected chi connectivity index (χ2v) is 6.00. The van der Waals surface area contributed by atoms with Gasteiger partial charge in [-0.1, -0.05) is 0 Å². The molecule has 0 aliphatic heterocycles. The molecule has 0 radical (unpaired) electrons. The lowest BCUT2D eigenvalue weighted by Gasteiger charge is -2.23. The van der Waals surface area contributed by atoms with Crippen LogP contribution in [0, 0.1) is 11.3 Å². The van der Waals surface area contributed by atoms with Crippen LogP contribution in [0.3, 0.4) is 0 Å². The van der Waals surface area contributed by atoms with Gasteiger partial charge in [0.25, 0.3) is 0 Å². The van der Waals surface area contributed by atoms with E-state index in [0.717, 1.165) is 4.31 Å². The molecule has 0 aliphatic rings. The zero-order valence-electron chi connectivity index (χ0n) is 10.7. The lowest BCUT2D eigenvalue weighted by Crippen LogP contribution is -2.43. The van der Waals surface area contributed by atoms with Gasteiger partial charge in [-0.3, -0.25) is 4.79 Å². The highest BCUT2D eigenvalue weighted by atomic mass is 32.2. The smallest absolute Gasteiger partial charge is 0.237 e. The lowest BCUT2D eigenvalue weighted by atomic mass is 10.4. The van der Waals surface area contributed by atoms with Crippen molar-refractivity contribution in [3.8, 4) is 6.07 Å². The summed E-state index contributed by atoms with van der Waals surface area (Å²) in [5.41, 5.74) is 0. The van der Waals surface area contributed by atoms with E-state index in [0.29, 0.717) is 13.1 Å². The maximum absolute atomic E-state index is 11.7. The average molecular weight is 261 g/mol. The first-order valence-electron chi connectivity index (χ1n) is 5.43. The molecule has 0 fully saturated rings. The fourth-order valence-electron chi connectivity index (χ4n) is 1.29. The minimum Gasteiger partial charge on any atom is -0.342 e. The van der Waals surface area contributed by atoms with E-state index in [-0.39, 0.29) is 12.5 Å². The SMILES string of the molecule is CCN(CC)C(=O)CN(C)S(=O)(=O)C(C)C#N. The Balaban J connectivity index is 4.72. The van der Waals surface area contributed by atoms with Gasteiger partial charge >= 0.3 is 0 Å². The van der Waals surface area contributed by atoms with E-state index in [1.807, 2.05) is 13.8 Å². The average Bonchev–Trinajstić information content (AvgIpc) is 2.29. The predicted octanol–water partition coefficient (Wildman–Crippen LogP) is 0.0285. The van der Waals surface area contributed by atoms with E-state index in [1.165, 1.54) is 14.0 Å². The van der Waals surface area contributed by atoms with Crippen molar-refractivity contribution < 1.29 is 13.2 Å². The third-order valence-electron chi connectivity index (χ3n) is 2.54. The lowest BCUT2D eigenvalue weighted by molar-refractivity contribution is -0.130. The van der Waals surface area contributed by atoms with Crippen molar-refractivity contribution in [1.82, 2.24) is 9.21 Å². The summed E-state index contributed by atoms with van der Waals surface area (Å²) >= 11 is 0. The van der Waals surface area contributed by atoms with Crippen molar-refractivity contribution in [2.24, 2.45) is 0 Å². The van der Waals surface area contributed by atoms with Gasteiger partial charge in [-0.15, -0.1) is 0 Å². The van der Waals surface area contributed by atoms with E-state index in [4.69, 9.17) is 5.26 Å². The van der Waals surface area contributed by atoms with Gasteiger partial charge in [0, 0.05) is 20.1 Å². The number of amides is 1. The summed E-state index contributed by atoms with van der Waals surface area (Å²) < 4.78 is 24.4. The molecule has 0 spiro atoms. The molecule has 0 bridgehead atoms. The van der Waals surface area contributed by atoms with Gasteiger partial charge in [-0.05, 0) is 20.8 Å². The Morgan fingerprint density at radius 1 is 1.35 bits per heavy atom. The fourth-order valence-corrected chi connectivity index (χ4v) is 2.26. The number of nitriles is 1. The van der Waals surface area contributed by atoms with Crippen molar-refractivity contribution >= 4 is 15.9 Å². The molecule has 98 valence electrons. The molecule has 7 heteroatoms. The summed E-state index contributed by atoms with van der Waals surface area (Å²) in [5.74, 6) is -0.258. The fraction of sp³-hybridized carbons (Fsp3) is 0.800. The number of carbonyl (C=O) groups is 1. The summed E-state index contributed by atoms with van der Waals surface area (Å²) in [6.07, 6.45) is 0. The third-order valence-corrected chi connectivity index (χ3v) is 4.53. The maximum atomic E-state index is 11.7. The van der Waals surface area contributed by atoms with Crippen LogP contribution in [-0.4, -0.2) is 55.5 Å². The Morgan fingerprint density at radius 3 is 2.18 bits per heavy atom. The van der Waals surface area contributed by atoms with Crippen LogP contribution in [0.4, 0.5) is 0 Å². The van der Waals surface area contributed by atoms with Crippen molar-refractivity contribution in [1.29, 1.82) is 5.26 Å². The van der Waals surface area contributed by atoms with E-state index < -0.39 is 15.3 Å². The molecule has 0 saturated carbocycles. The number of sulfonamides is 1. The van der Waals surface area contributed by atoms with Gasteiger partial charge in [0.05, 0.1) is 12.6 Å². The number of carbonyl (C=O) groups excluding carboxylic acids is 1. The first-order chi connectivity index (χ1) is 7.81. The number of likely N-dealkylation sites (N-methyl/N-ethyl adjacent to an activating group) is 2. The molecule has 1 atom stereocenters. The summed E-state index contributed by atoms with van der Waals surface area (Å²) in [7, 11) is -2.40. The Bertz CT molecular complexity index is 396. The second-order valence-electron chi connectivity index (χ2n) is 3.64. The molecular weight excluding hydrogens is 242 g/mol. The number of nitrogens with zero attached hydrogens (tertiary/aromatic N) is 3. The van der Waals surface area contributed by atoms with Gasteiger partial charge in [0.2, 0.25) is 15.9 Å². The molecule has 0 rings (SSSR count). The second kappa shape index (κ2) is 6.57. The van der Waals surface area contributed by atoms with Gasteiger partial charge < -0.3 is 4.90 Å². The zero-order chi connectivity index (χ0) is 13.6. The Morgan fingerprint density at radius 2 is 1.82 bits per heavy atom. The minimum atomic E-state index is -3.71. The van der Waals surface area contributed by atoms with Crippen LogP contribution in [0.2, 0.25) is 0 Å². The molecule has 6 nitrogen and oxygen atoms in total. The van der Waals surface area contributed by atoms with Gasteiger partial charge in [0.1, 0.15) is 0 Å². The third kappa shape index (κ3) is 3.98. The highest BCUT2D eigenvalue weighted by Gasteiger charge is 2.28. The van der Waals surface area contributed by atoms with Crippen LogP contribution in [0.1, 0.15) is 20.8 Å². The van der Waals surface area contributed by atoms with Crippen LogP contribution in [0.15, 0.2) is 0 Å². The molecule has 0 N–H and O–H groups in total. The number of rotatable bonds is 6. The normalized spacial score (nSPS) is 13.2. The zero-order valence-corrected chi connectivity index (χ0v) is 11.5. The van der Waals surface area contributed by atoms with Gasteiger partial charge in [-0.25, -0.2) is 8.42 Å². The van der Waals surface area contributed by atoms with Crippen molar-refractivity contribution in [3.05, 3.63) is 0 Å². The van der Waals surface area contributed by atoms with Crippen LogP contribution in [0.5, 0.6) is 0 Å². The Kier molecular flexibility index (Phi) is 6.13. The number of hydrogen-bond acceptors (Lipinski definition) is 4. The minimum absolute atomic E-state index is 0.226. The quantitative estimate of drug-likeness (QED) is 0.675. The van der Waals surface area contributed by atoms with E-state index in [2.05, 4.69) is 0 Å². The molecule has 0 heterocycles. The molecule has 17 heavy (non-hydrogen) atoms. The van der Waals surface area contributed by atoms with Gasteiger partial charge in [0.15, 0.2) is 5.25 Å². The molecule has 0 saturated heterocycles. The van der Waals surface area contributed by atoms with E-state index in [9.17, 15) is 13.2 Å². The predicted molar refractivity (Wildman–Crippen MR) is 64.6 cm³/mol. The highest BCUT2D eigenvalue weighted by molar-refractivity contribution is 7.89. The van der Waals surface area contributed by atoms with Crippen LogP contribution in [-0.2, 0) is 14.8 Å². The summed E-state index contributed by atoms with van der Waals surface area (Å²) in [5, 5.41) is 7.46. The Hall–Kier alpha value is -1.13. The standard InChI is InChI=1S/C10H19N3O3S/c1-5-13(6-2)10(14)8-12(4)17(15,16)9(3)7-11/h9H,5-6,8H2,1-4H3. The molecule has 0 aromatic rings. The topological polar surface area (TPSA) is 81.5 Å². The highest BCUT2D eigenvalue weighted by Crippen LogP contribution is 2.06. The molecule has 0 aliphatic carbocycles. The number of hydrogen-bond donors (Lipinski definition) is 0. The van der Waals surface area contributed by atoms with E-state index >= 15 is 0 Å². The first kappa shape index (κ1) is 15.9. The summed E-state index contributed by atoms with van der Waals surface area (Å²) in [6.45, 7) is 5.80. The maximum Gasteiger partial charge on any atom is 0.237 e. The Labute approximate surface area is 103 Å².